The van der Waals surface area contributed by atoms with Crippen molar-refractivity contribution in [3.05, 3.63) is 70.4 Å². The van der Waals surface area contributed by atoms with Gasteiger partial charge in [-0.3, -0.25) is 4.57 Å². The molecule has 0 bridgehead atoms. The molecule has 12 nitrogen and oxygen atoms in total. The lowest BCUT2D eigenvalue weighted by molar-refractivity contribution is -0.389. The molecule has 0 amide bonds. The number of imidazole rings is 1. The highest BCUT2D eigenvalue weighted by Gasteiger charge is 2.32. The van der Waals surface area contributed by atoms with Gasteiger partial charge in [-0.05, 0) is 46.9 Å². The molecule has 0 N–H and O–H groups in total. The molecule has 2 aliphatic heterocycles. The second-order valence-corrected chi connectivity index (χ2v) is 11.0. The maximum atomic E-state index is 13.0. The zero-order chi connectivity index (χ0) is 28.5. The summed E-state index contributed by atoms with van der Waals surface area (Å²) in [6, 6.07) is 12.0. The Morgan fingerprint density at radius 3 is 2.35 bits per heavy atom. The molecule has 16 heteroatoms. The smallest absolute Gasteiger partial charge is 0.443 e. The van der Waals surface area contributed by atoms with Crippen molar-refractivity contribution in [1.82, 2.24) is 13.9 Å². The van der Waals surface area contributed by atoms with E-state index < -0.39 is 27.1 Å². The Morgan fingerprint density at radius 1 is 1.05 bits per heavy atom. The van der Waals surface area contributed by atoms with Crippen LogP contribution in [-0.2, 0) is 27.9 Å². The summed E-state index contributed by atoms with van der Waals surface area (Å²) in [6.45, 7) is 2.21. The molecular formula is C24H24F3N5O7S. The fraction of sp³-hybridized carbons (Fsp3) is 0.375. The number of aromatic nitrogens is 2. The monoisotopic (exact) mass is 583 g/mol. The molecule has 2 aliphatic rings. The van der Waals surface area contributed by atoms with Gasteiger partial charge in [-0.15, -0.1) is 13.2 Å². The summed E-state index contributed by atoms with van der Waals surface area (Å²) in [5.41, 5.74) is 1.82. The number of hydrogen-bond acceptors (Lipinski definition) is 9. The van der Waals surface area contributed by atoms with Gasteiger partial charge in [-0.2, -0.15) is 4.31 Å². The normalized spacial score (nSPS) is 18.2. The van der Waals surface area contributed by atoms with Crippen LogP contribution < -0.4 is 14.4 Å². The van der Waals surface area contributed by atoms with Crippen LogP contribution in [-0.4, -0.2) is 72.4 Å². The molecule has 3 heterocycles. The van der Waals surface area contributed by atoms with Crippen molar-refractivity contribution >= 4 is 21.5 Å². The SMILES string of the molecule is O=[N+]([O-])c1cn2c(n1)OC[C@@H](OCc1ccc(N3CCN(S(=O)(=O)c4ccc(OC(F)(F)F)cc4)CC3)cc1)C2. The lowest BCUT2D eigenvalue weighted by Crippen LogP contribution is -2.48. The number of piperazine rings is 1. The van der Waals surface area contributed by atoms with E-state index in [0.29, 0.717) is 26.2 Å². The van der Waals surface area contributed by atoms with E-state index in [1.54, 1.807) is 4.57 Å². The third-order valence-corrected chi connectivity index (χ3v) is 8.35. The lowest BCUT2D eigenvalue weighted by atomic mass is 10.2. The number of rotatable bonds is 8. The van der Waals surface area contributed by atoms with Gasteiger partial charge < -0.3 is 29.2 Å². The molecule has 40 heavy (non-hydrogen) atoms. The molecule has 0 saturated carbocycles. The quantitative estimate of drug-likeness (QED) is 0.290. The highest BCUT2D eigenvalue weighted by Crippen LogP contribution is 2.27. The van der Waals surface area contributed by atoms with E-state index in [1.807, 2.05) is 29.2 Å². The number of fused-ring (bicyclic) bond motifs is 1. The van der Waals surface area contributed by atoms with E-state index in [4.69, 9.17) is 9.47 Å². The second kappa shape index (κ2) is 10.9. The Bertz CT molecular complexity index is 1460. The van der Waals surface area contributed by atoms with Gasteiger partial charge in [0.15, 0.2) is 0 Å². The predicted molar refractivity (Wildman–Crippen MR) is 133 cm³/mol. The Hall–Kier alpha value is -3.89. The van der Waals surface area contributed by atoms with Crippen molar-refractivity contribution in [2.24, 2.45) is 0 Å². The summed E-state index contributed by atoms with van der Waals surface area (Å²) in [4.78, 5) is 16.1. The molecule has 0 aliphatic carbocycles. The second-order valence-electron chi connectivity index (χ2n) is 9.11. The average Bonchev–Trinajstić information content (AvgIpc) is 3.36. The molecule has 1 fully saturated rings. The average molecular weight is 584 g/mol. The van der Waals surface area contributed by atoms with Gasteiger partial charge in [0.05, 0.1) is 18.0 Å². The van der Waals surface area contributed by atoms with Gasteiger partial charge >= 0.3 is 18.2 Å². The van der Waals surface area contributed by atoms with E-state index in [1.165, 1.54) is 10.5 Å². The number of alkyl halides is 3. The third-order valence-electron chi connectivity index (χ3n) is 6.43. The number of halogens is 3. The number of sulfonamides is 1. The zero-order valence-electron chi connectivity index (χ0n) is 20.9. The maximum absolute atomic E-state index is 13.0. The summed E-state index contributed by atoms with van der Waals surface area (Å²) >= 11 is 0. The standard InChI is InChI=1S/C24H24F3N5O7S/c25-24(26,27)39-19-5-7-21(8-6-19)40(35,36)31-11-9-29(10-12-31)18-3-1-17(2-4-18)15-37-20-13-30-14-22(32(33)34)28-23(30)38-16-20/h1-8,14,20H,9-13,15-16H2/t20-/m0/s1. The minimum atomic E-state index is -4.86. The number of hydrogen-bond donors (Lipinski definition) is 0. The van der Waals surface area contributed by atoms with Crippen molar-refractivity contribution < 1.29 is 40.7 Å². The Kier molecular flexibility index (Phi) is 7.57. The topological polar surface area (TPSA) is 129 Å². The van der Waals surface area contributed by atoms with Crippen LogP contribution in [0.3, 0.4) is 0 Å². The highest BCUT2D eigenvalue weighted by molar-refractivity contribution is 7.89. The summed E-state index contributed by atoms with van der Waals surface area (Å²) < 4.78 is 81.0. The molecule has 0 unspecified atom stereocenters. The van der Waals surface area contributed by atoms with Crippen LogP contribution in [0.2, 0.25) is 0 Å². The molecule has 0 radical (unpaired) electrons. The molecule has 214 valence electrons. The number of ether oxygens (including phenoxy) is 3. The van der Waals surface area contributed by atoms with E-state index in [-0.39, 0.29) is 42.5 Å². The van der Waals surface area contributed by atoms with Crippen LogP contribution in [0.15, 0.2) is 59.6 Å². The van der Waals surface area contributed by atoms with Crippen molar-refractivity contribution in [2.75, 3.05) is 37.7 Å². The van der Waals surface area contributed by atoms with E-state index >= 15 is 0 Å². The third kappa shape index (κ3) is 6.29. The van der Waals surface area contributed by atoms with Crippen molar-refractivity contribution in [3.63, 3.8) is 0 Å². The minimum absolute atomic E-state index is 0.106. The predicted octanol–water partition coefficient (Wildman–Crippen LogP) is 3.18. The molecule has 2 aromatic carbocycles. The van der Waals surface area contributed by atoms with Gasteiger partial charge in [-0.25, -0.2) is 8.42 Å². The minimum Gasteiger partial charge on any atom is -0.443 e. The number of benzene rings is 2. The van der Waals surface area contributed by atoms with Crippen molar-refractivity contribution in [1.29, 1.82) is 0 Å². The van der Waals surface area contributed by atoms with E-state index in [0.717, 1.165) is 35.5 Å². The summed E-state index contributed by atoms with van der Waals surface area (Å²) in [7, 11) is -3.87. The Morgan fingerprint density at radius 2 is 1.73 bits per heavy atom. The van der Waals surface area contributed by atoms with Crippen LogP contribution >= 0.6 is 0 Å². The molecule has 1 aromatic heterocycles. The molecule has 1 saturated heterocycles. The van der Waals surface area contributed by atoms with Crippen LogP contribution in [0.1, 0.15) is 5.56 Å². The first-order chi connectivity index (χ1) is 19.0. The Balaban J connectivity index is 1.11. The highest BCUT2D eigenvalue weighted by atomic mass is 32.2. The summed E-state index contributed by atoms with van der Waals surface area (Å²) in [5.74, 6) is -0.769. The van der Waals surface area contributed by atoms with Gasteiger partial charge in [0.2, 0.25) is 10.0 Å². The Labute approximate surface area is 226 Å². The molecule has 1 atom stereocenters. The van der Waals surface area contributed by atoms with Gasteiger partial charge in [0.25, 0.3) is 0 Å². The fourth-order valence-electron chi connectivity index (χ4n) is 4.43. The number of nitro groups is 1. The number of anilines is 1. The van der Waals surface area contributed by atoms with E-state index in [9.17, 15) is 31.7 Å². The number of nitrogens with zero attached hydrogens (tertiary/aromatic N) is 5. The molecular weight excluding hydrogens is 559 g/mol. The summed E-state index contributed by atoms with van der Waals surface area (Å²) in [6.07, 6.45) is -3.84. The van der Waals surface area contributed by atoms with Crippen LogP contribution in [0.5, 0.6) is 11.8 Å². The van der Waals surface area contributed by atoms with E-state index in [2.05, 4.69) is 9.72 Å². The van der Waals surface area contributed by atoms with Crippen LogP contribution in [0.25, 0.3) is 0 Å². The summed E-state index contributed by atoms with van der Waals surface area (Å²) in [5, 5.41) is 10.9. The molecule has 5 rings (SSSR count). The lowest BCUT2D eigenvalue weighted by Gasteiger charge is -2.35. The van der Waals surface area contributed by atoms with Gasteiger partial charge in [0, 0.05) is 36.9 Å². The van der Waals surface area contributed by atoms with Crippen LogP contribution in [0, 0.1) is 10.1 Å². The van der Waals surface area contributed by atoms with Gasteiger partial charge in [-0.1, -0.05) is 12.1 Å². The zero-order valence-corrected chi connectivity index (χ0v) is 21.7. The van der Waals surface area contributed by atoms with Gasteiger partial charge in [0.1, 0.15) is 24.7 Å². The van der Waals surface area contributed by atoms with Crippen molar-refractivity contribution in [2.45, 2.75) is 30.5 Å². The first kappa shape index (κ1) is 27.7. The largest absolute Gasteiger partial charge is 0.573 e. The molecule has 3 aromatic rings. The van der Waals surface area contributed by atoms with Crippen LogP contribution in [0.4, 0.5) is 24.7 Å². The first-order valence-electron chi connectivity index (χ1n) is 12.1. The molecule has 0 spiro atoms. The van der Waals surface area contributed by atoms with Crippen molar-refractivity contribution in [3.8, 4) is 11.8 Å². The first-order valence-corrected chi connectivity index (χ1v) is 13.6. The fourth-order valence-corrected chi connectivity index (χ4v) is 5.85. The maximum Gasteiger partial charge on any atom is 0.573 e.